The van der Waals surface area contributed by atoms with E-state index in [9.17, 15) is 14.4 Å². The molecule has 0 aliphatic rings. The predicted molar refractivity (Wildman–Crippen MR) is 55.1 cm³/mol. The first kappa shape index (κ1) is 12.2. The highest BCUT2D eigenvalue weighted by molar-refractivity contribution is 6.34. The molecule has 0 amide bonds. The molecule has 1 aromatic heterocycles. The van der Waals surface area contributed by atoms with Gasteiger partial charge in [0, 0.05) is 12.1 Å². The van der Waals surface area contributed by atoms with Crippen LogP contribution in [-0.4, -0.2) is 18.4 Å². The first-order valence-corrected chi connectivity index (χ1v) is 4.83. The molecule has 0 bridgehead atoms. The topological polar surface area (TPSA) is 73.6 Å². The second-order valence-corrected chi connectivity index (χ2v) is 3.19. The van der Waals surface area contributed by atoms with Gasteiger partial charge in [-0.3, -0.25) is 9.59 Å². The van der Waals surface area contributed by atoms with Crippen molar-refractivity contribution in [3.8, 4) is 0 Å². The van der Waals surface area contributed by atoms with Crippen LogP contribution >= 0.6 is 0 Å². The second kappa shape index (κ2) is 5.25. The van der Waals surface area contributed by atoms with Crippen molar-refractivity contribution < 1.29 is 18.7 Å². The lowest BCUT2D eigenvalue weighted by molar-refractivity contribution is -0.153. The largest absolute Gasteiger partial charge is 0.466 e. The van der Waals surface area contributed by atoms with Crippen LogP contribution < -0.4 is 5.43 Å². The summed E-state index contributed by atoms with van der Waals surface area (Å²) in [5, 5.41) is 0. The predicted octanol–water partition coefficient (Wildman–Crippen LogP) is 0.623. The van der Waals surface area contributed by atoms with Gasteiger partial charge in [-0.05, 0) is 13.8 Å². The van der Waals surface area contributed by atoms with Gasteiger partial charge >= 0.3 is 5.97 Å². The van der Waals surface area contributed by atoms with Crippen molar-refractivity contribution in [2.45, 2.75) is 20.3 Å². The Hall–Kier alpha value is -1.91. The highest BCUT2D eigenvalue weighted by atomic mass is 16.5. The maximum atomic E-state index is 11.3. The Balaban J connectivity index is 2.77. The summed E-state index contributed by atoms with van der Waals surface area (Å²) in [6.45, 7) is 3.35. The van der Waals surface area contributed by atoms with Gasteiger partial charge in [-0.1, -0.05) is 0 Å². The van der Waals surface area contributed by atoms with Crippen LogP contribution in [0.2, 0.25) is 0 Å². The number of carbonyl (C=O) groups excluding carboxylic acids is 2. The molecule has 16 heavy (non-hydrogen) atoms. The van der Waals surface area contributed by atoms with Gasteiger partial charge in [-0.15, -0.1) is 0 Å². The average Bonchev–Trinajstić information content (AvgIpc) is 2.16. The molecule has 0 unspecified atom stereocenters. The normalized spacial score (nSPS) is 9.88. The van der Waals surface area contributed by atoms with Crippen LogP contribution in [0.1, 0.15) is 18.4 Å². The molecule has 0 aromatic carbocycles. The number of ketones is 1. The molecule has 0 aliphatic heterocycles. The van der Waals surface area contributed by atoms with Gasteiger partial charge in [-0.25, -0.2) is 4.79 Å². The minimum atomic E-state index is -0.911. The smallest absolute Gasteiger partial charge is 0.375 e. The molecular weight excluding hydrogens is 212 g/mol. The molecule has 5 heteroatoms. The van der Waals surface area contributed by atoms with E-state index in [0.717, 1.165) is 0 Å². The van der Waals surface area contributed by atoms with E-state index in [2.05, 4.69) is 4.74 Å². The zero-order valence-electron chi connectivity index (χ0n) is 9.11. The Bertz CT molecular complexity index is 458. The first-order valence-electron chi connectivity index (χ1n) is 4.83. The number of rotatable bonds is 4. The fourth-order valence-electron chi connectivity index (χ4n) is 1.20. The van der Waals surface area contributed by atoms with Gasteiger partial charge in [0.05, 0.1) is 13.0 Å². The SMILES string of the molecule is CCOC(=O)C(=O)Cc1cc(=O)cc(C)o1. The Labute approximate surface area is 92.0 Å². The Morgan fingerprint density at radius 3 is 2.62 bits per heavy atom. The fourth-order valence-corrected chi connectivity index (χ4v) is 1.20. The Morgan fingerprint density at radius 1 is 1.38 bits per heavy atom. The summed E-state index contributed by atoms with van der Waals surface area (Å²) in [6, 6.07) is 2.49. The molecule has 0 saturated carbocycles. The monoisotopic (exact) mass is 224 g/mol. The van der Waals surface area contributed by atoms with Crippen LogP contribution in [0.5, 0.6) is 0 Å². The number of hydrogen-bond acceptors (Lipinski definition) is 5. The number of ether oxygens (including phenoxy) is 1. The van der Waals surface area contributed by atoms with Gasteiger partial charge in [0.25, 0.3) is 0 Å². The standard InChI is InChI=1S/C11H12O5/c1-3-15-11(14)10(13)6-9-5-8(12)4-7(2)16-9/h4-5H,3,6H2,1-2H3. The van der Waals surface area contributed by atoms with Crippen molar-refractivity contribution in [3.05, 3.63) is 33.9 Å². The minimum absolute atomic E-state index is 0.141. The van der Waals surface area contributed by atoms with Crippen molar-refractivity contribution in [3.63, 3.8) is 0 Å². The number of aryl methyl sites for hydroxylation is 1. The van der Waals surface area contributed by atoms with E-state index in [-0.39, 0.29) is 24.2 Å². The summed E-state index contributed by atoms with van der Waals surface area (Å²) in [4.78, 5) is 33.4. The summed E-state index contributed by atoms with van der Waals surface area (Å²) >= 11 is 0. The van der Waals surface area contributed by atoms with Gasteiger partial charge in [-0.2, -0.15) is 0 Å². The molecule has 0 atom stereocenters. The van der Waals surface area contributed by atoms with E-state index in [1.807, 2.05) is 0 Å². The van der Waals surface area contributed by atoms with E-state index in [4.69, 9.17) is 4.42 Å². The molecule has 0 N–H and O–H groups in total. The Morgan fingerprint density at radius 2 is 2.06 bits per heavy atom. The summed E-state index contributed by atoms with van der Waals surface area (Å²) in [5.41, 5.74) is -0.254. The minimum Gasteiger partial charge on any atom is -0.466 e. The average molecular weight is 224 g/mol. The number of Topliss-reactive ketones (excluding diaryl/α,β-unsaturated/α-hetero) is 1. The lowest BCUT2D eigenvalue weighted by Gasteiger charge is -2.01. The van der Waals surface area contributed by atoms with Crippen LogP contribution in [0.25, 0.3) is 0 Å². The quantitative estimate of drug-likeness (QED) is 0.553. The van der Waals surface area contributed by atoms with Crippen LogP contribution in [0.4, 0.5) is 0 Å². The van der Waals surface area contributed by atoms with Crippen LogP contribution in [0, 0.1) is 6.92 Å². The van der Waals surface area contributed by atoms with Gasteiger partial charge in [0.2, 0.25) is 5.78 Å². The zero-order chi connectivity index (χ0) is 12.1. The van der Waals surface area contributed by atoms with E-state index >= 15 is 0 Å². The maximum absolute atomic E-state index is 11.3. The molecule has 0 saturated heterocycles. The van der Waals surface area contributed by atoms with Crippen LogP contribution in [0.3, 0.4) is 0 Å². The second-order valence-electron chi connectivity index (χ2n) is 3.19. The summed E-state index contributed by atoms with van der Waals surface area (Å²) < 4.78 is 9.66. The van der Waals surface area contributed by atoms with Crippen molar-refractivity contribution in [1.29, 1.82) is 0 Å². The molecule has 0 fully saturated rings. The van der Waals surface area contributed by atoms with E-state index in [1.54, 1.807) is 13.8 Å². The summed E-state index contributed by atoms with van der Waals surface area (Å²) in [7, 11) is 0. The molecule has 0 radical (unpaired) electrons. The highest BCUT2D eigenvalue weighted by Crippen LogP contribution is 2.02. The van der Waals surface area contributed by atoms with Crippen LogP contribution in [0.15, 0.2) is 21.3 Å². The van der Waals surface area contributed by atoms with E-state index in [0.29, 0.717) is 5.76 Å². The third-order valence-electron chi connectivity index (χ3n) is 1.78. The fraction of sp³-hybridized carbons (Fsp3) is 0.364. The first-order chi connectivity index (χ1) is 7.52. The lowest BCUT2D eigenvalue weighted by atomic mass is 10.2. The molecule has 1 rings (SSSR count). The molecule has 0 spiro atoms. The number of carbonyl (C=O) groups is 2. The molecule has 5 nitrogen and oxygen atoms in total. The van der Waals surface area contributed by atoms with E-state index in [1.165, 1.54) is 12.1 Å². The molecule has 1 heterocycles. The van der Waals surface area contributed by atoms with Crippen molar-refractivity contribution in [2.75, 3.05) is 6.61 Å². The highest BCUT2D eigenvalue weighted by Gasteiger charge is 2.16. The van der Waals surface area contributed by atoms with Crippen molar-refractivity contribution in [2.24, 2.45) is 0 Å². The third kappa shape index (κ3) is 3.34. The van der Waals surface area contributed by atoms with Crippen molar-refractivity contribution in [1.82, 2.24) is 0 Å². The van der Waals surface area contributed by atoms with Gasteiger partial charge in [0.1, 0.15) is 11.5 Å². The molecular formula is C11H12O5. The van der Waals surface area contributed by atoms with Gasteiger partial charge < -0.3 is 9.15 Å². The summed E-state index contributed by atoms with van der Waals surface area (Å²) in [6.07, 6.45) is -0.254. The zero-order valence-corrected chi connectivity index (χ0v) is 9.11. The summed E-state index contributed by atoms with van der Waals surface area (Å²) in [5.74, 6) is -1.07. The molecule has 0 aliphatic carbocycles. The van der Waals surface area contributed by atoms with Crippen molar-refractivity contribution >= 4 is 11.8 Å². The van der Waals surface area contributed by atoms with E-state index < -0.39 is 11.8 Å². The Kier molecular flexibility index (Phi) is 3.99. The maximum Gasteiger partial charge on any atom is 0.375 e. The lowest BCUT2D eigenvalue weighted by Crippen LogP contribution is -2.20. The number of esters is 1. The molecule has 86 valence electrons. The molecule has 1 aromatic rings. The van der Waals surface area contributed by atoms with Gasteiger partial charge in [0.15, 0.2) is 5.43 Å². The number of hydrogen-bond donors (Lipinski definition) is 0. The van der Waals surface area contributed by atoms with Crippen LogP contribution in [-0.2, 0) is 20.7 Å². The third-order valence-corrected chi connectivity index (χ3v) is 1.78.